The summed E-state index contributed by atoms with van der Waals surface area (Å²) in [5.41, 5.74) is -0.191. The van der Waals surface area contributed by atoms with Gasteiger partial charge in [-0.15, -0.1) is 10.2 Å². The van der Waals surface area contributed by atoms with Gasteiger partial charge in [0.15, 0.2) is 5.82 Å². The number of anilines is 4. The predicted octanol–water partition coefficient (Wildman–Crippen LogP) is 10.5. The highest BCUT2D eigenvalue weighted by molar-refractivity contribution is 7.49. The van der Waals surface area contributed by atoms with E-state index in [0.29, 0.717) is 112 Å². The van der Waals surface area contributed by atoms with Crippen molar-refractivity contribution in [2.45, 2.75) is 175 Å². The van der Waals surface area contributed by atoms with E-state index in [4.69, 9.17) is 32.5 Å². The zero-order valence-corrected chi connectivity index (χ0v) is 55.7. The molecule has 0 radical (unpaired) electrons. The number of piperazine rings is 2. The molecule has 4 aromatic rings. The van der Waals surface area contributed by atoms with E-state index in [1.165, 1.54) is 0 Å². The number of esters is 1. The minimum absolute atomic E-state index is 0.0457. The molecule has 2 aromatic carbocycles. The quantitative estimate of drug-likeness (QED) is 0.0183. The van der Waals surface area contributed by atoms with Crippen LogP contribution in [0.2, 0.25) is 0 Å². The van der Waals surface area contributed by atoms with E-state index in [0.717, 1.165) is 31.5 Å². The van der Waals surface area contributed by atoms with Crippen molar-refractivity contribution >= 4 is 60.7 Å². The Bertz CT molecular complexity index is 3150. The van der Waals surface area contributed by atoms with Crippen LogP contribution in [0.15, 0.2) is 72.9 Å². The molecule has 4 amide bonds. The van der Waals surface area contributed by atoms with E-state index in [1.807, 2.05) is 53.1 Å². The molecule has 2 unspecified atom stereocenters. The summed E-state index contributed by atoms with van der Waals surface area (Å²) >= 11 is 0. The highest BCUT2D eigenvalue weighted by Crippen LogP contribution is 2.56. The molecule has 25 heteroatoms. The molecule has 4 atom stereocenters. The highest BCUT2D eigenvalue weighted by Gasteiger charge is 2.53. The molecular weight excluding hydrogens is 1170 g/mol. The minimum atomic E-state index is -4.26. The third-order valence-electron chi connectivity index (χ3n) is 15.9. The molecule has 3 saturated heterocycles. The third kappa shape index (κ3) is 18.8. The number of carbonyl (C=O) groups excluding carboxylic acids is 5. The van der Waals surface area contributed by atoms with Crippen molar-refractivity contribution in [3.8, 4) is 22.9 Å². The molecule has 4 aliphatic rings. The number of amides is 4. The van der Waals surface area contributed by atoms with Gasteiger partial charge in [-0.25, -0.2) is 19.1 Å². The molecule has 3 aliphatic heterocycles. The van der Waals surface area contributed by atoms with Crippen LogP contribution >= 0.6 is 7.82 Å². The lowest BCUT2D eigenvalue weighted by atomic mass is 9.68. The van der Waals surface area contributed by atoms with Crippen molar-refractivity contribution in [1.29, 1.82) is 0 Å². The van der Waals surface area contributed by atoms with Gasteiger partial charge in [0.1, 0.15) is 36.0 Å². The van der Waals surface area contributed by atoms with Gasteiger partial charge < -0.3 is 53.7 Å². The van der Waals surface area contributed by atoms with E-state index in [1.54, 1.807) is 108 Å². The highest BCUT2D eigenvalue weighted by atomic mass is 31.2. The zero-order chi connectivity index (χ0) is 65.2. The molecular formula is C65H94N11O13P. The Morgan fingerprint density at radius 1 is 0.811 bits per heavy atom. The summed E-state index contributed by atoms with van der Waals surface area (Å²) in [6.07, 6.45) is 5.74. The van der Waals surface area contributed by atoms with E-state index in [-0.39, 0.29) is 49.0 Å². The number of aromatic nitrogens is 3. The first-order valence-corrected chi connectivity index (χ1v) is 32.9. The minimum Gasteiger partial charge on any atom is -0.476 e. The van der Waals surface area contributed by atoms with E-state index in [2.05, 4.69) is 57.7 Å². The number of ether oxygens (including phenoxy) is 4. The molecule has 3 N–H and O–H groups in total. The number of unbranched alkanes of at least 4 members (excludes halogenated alkanes) is 1. The molecule has 90 heavy (non-hydrogen) atoms. The SMILES string of the molecule is CCOC(=O)C1(C(=O)N[C@@H](CCCCN(C)C)C(=O)Nc2ccc(COC(=O)Nc3nnc(-c4ccccc4OP(=O)(OC(C)(C)C)OC(C)(C)C)cc3N3CC4CCC(C3)N4c3ccnc(OCCN4CCN(C(=O)OC(C)(C)C)C[C@H]4C)c3)cc2)CCC1. The van der Waals surface area contributed by atoms with Crippen LogP contribution in [0.4, 0.5) is 32.5 Å². The lowest BCUT2D eigenvalue weighted by molar-refractivity contribution is -0.167. The van der Waals surface area contributed by atoms with Gasteiger partial charge in [-0.05, 0) is 184 Å². The Morgan fingerprint density at radius 2 is 1.50 bits per heavy atom. The van der Waals surface area contributed by atoms with Crippen LogP contribution in [-0.2, 0) is 48.8 Å². The molecule has 5 heterocycles. The van der Waals surface area contributed by atoms with Crippen molar-refractivity contribution in [2.24, 2.45) is 5.41 Å². The normalized spacial score (nSPS) is 18.9. The number of hydrogen-bond donors (Lipinski definition) is 3. The fourth-order valence-corrected chi connectivity index (χ4v) is 13.4. The number of fused-ring (bicyclic) bond motifs is 2. The molecule has 0 spiro atoms. The molecule has 2 bridgehead atoms. The van der Waals surface area contributed by atoms with Crippen molar-refractivity contribution < 1.29 is 61.1 Å². The van der Waals surface area contributed by atoms with Gasteiger partial charge >= 0.3 is 26.0 Å². The molecule has 24 nitrogen and oxygen atoms in total. The van der Waals surface area contributed by atoms with E-state index < -0.39 is 60.0 Å². The van der Waals surface area contributed by atoms with Crippen LogP contribution in [0.3, 0.4) is 0 Å². The molecule has 1 saturated carbocycles. The first kappa shape index (κ1) is 68.8. The summed E-state index contributed by atoms with van der Waals surface area (Å²) < 4.78 is 55.7. The molecule has 8 rings (SSSR count). The Labute approximate surface area is 530 Å². The standard InChI is InChI=1S/C65H94N11O13P/c1-14-83-59(79)65(30-19-31-65)58(78)68-51(21-17-18-33-72(12)13)57(77)67-46-25-23-45(24-26-46)43-85-60(80)69-56-53(39-52(70-71-56)50-20-15-16-22-54(50)87-90(82,88-63(6,7)8)89-64(9,10)11)75-41-48-27-28-49(42-75)76(48)47-29-32-66-55(38-47)84-37-36-73-34-35-74(40-44(73)2)61(81)86-62(3,4)5/h15-16,20,22-26,29,32,38-39,44,48-49,51H,14,17-19,21,27-28,30-31,33-37,40-43H2,1-13H3,(H,67,77)(H,68,78)(H,69,71,80)/t44-,48?,49?,51+/m1/s1. The number of phosphoric acid groups is 1. The van der Waals surface area contributed by atoms with Gasteiger partial charge in [0.05, 0.1) is 29.2 Å². The average Bonchev–Trinajstić information content (AvgIpc) is 1.35. The van der Waals surface area contributed by atoms with Gasteiger partial charge in [-0.2, -0.15) is 0 Å². The Morgan fingerprint density at radius 3 is 2.12 bits per heavy atom. The molecule has 4 fully saturated rings. The average molecular weight is 1270 g/mol. The van der Waals surface area contributed by atoms with Crippen LogP contribution in [0.25, 0.3) is 11.3 Å². The monoisotopic (exact) mass is 1270 g/mol. The fourth-order valence-electron chi connectivity index (χ4n) is 11.6. The topological polar surface area (TPSA) is 258 Å². The maximum atomic E-state index is 14.5. The Kier molecular flexibility index (Phi) is 22.5. The number of para-hydroxylation sites is 1. The van der Waals surface area contributed by atoms with Crippen LogP contribution in [0, 0.1) is 5.41 Å². The summed E-state index contributed by atoms with van der Waals surface area (Å²) in [4.78, 5) is 82.4. The number of pyridine rings is 1. The number of rotatable bonds is 25. The van der Waals surface area contributed by atoms with Gasteiger partial charge in [0.25, 0.3) is 0 Å². The fraction of sp³-hybridized carbons (Fsp3) is 0.600. The molecule has 1 aliphatic carbocycles. The van der Waals surface area contributed by atoms with Crippen molar-refractivity contribution in [2.75, 3.05) is 93.6 Å². The molecule has 492 valence electrons. The predicted molar refractivity (Wildman–Crippen MR) is 344 cm³/mol. The summed E-state index contributed by atoms with van der Waals surface area (Å²) in [5, 5.41) is 17.9. The van der Waals surface area contributed by atoms with Crippen molar-refractivity contribution in [1.82, 2.24) is 35.2 Å². The van der Waals surface area contributed by atoms with Crippen LogP contribution in [0.5, 0.6) is 11.6 Å². The lowest BCUT2D eigenvalue weighted by Gasteiger charge is -2.43. The largest absolute Gasteiger partial charge is 0.531 e. The maximum Gasteiger partial charge on any atom is 0.531 e. The van der Waals surface area contributed by atoms with Crippen molar-refractivity contribution in [3.63, 3.8) is 0 Å². The Balaban J connectivity index is 0.966. The zero-order valence-electron chi connectivity index (χ0n) is 54.8. The summed E-state index contributed by atoms with van der Waals surface area (Å²) in [5.74, 6) is -0.632. The van der Waals surface area contributed by atoms with Crippen LogP contribution in [0.1, 0.15) is 133 Å². The molecule has 2 aromatic heterocycles. The smallest absolute Gasteiger partial charge is 0.476 e. The second kappa shape index (κ2) is 29.4. The second-order valence-corrected chi connectivity index (χ2v) is 28.4. The summed E-state index contributed by atoms with van der Waals surface area (Å²) in [6.45, 7) is 24.8. The van der Waals surface area contributed by atoms with E-state index in [9.17, 15) is 28.5 Å². The lowest BCUT2D eigenvalue weighted by Crippen LogP contribution is -2.56. The Hall–Kier alpha value is -7.11. The number of phosphoric ester groups is 1. The van der Waals surface area contributed by atoms with Gasteiger partial charge in [-0.1, -0.05) is 30.7 Å². The second-order valence-electron chi connectivity index (χ2n) is 27.0. The van der Waals surface area contributed by atoms with Gasteiger partial charge in [0.2, 0.25) is 17.7 Å². The number of hydrogen-bond acceptors (Lipinski definition) is 20. The first-order chi connectivity index (χ1) is 42.5. The van der Waals surface area contributed by atoms with Gasteiger partial charge in [0, 0.05) is 86.6 Å². The summed E-state index contributed by atoms with van der Waals surface area (Å²) in [6, 6.07) is 19.0. The summed E-state index contributed by atoms with van der Waals surface area (Å²) in [7, 11) is -0.310. The third-order valence-corrected chi connectivity index (χ3v) is 17.9. The van der Waals surface area contributed by atoms with E-state index >= 15 is 0 Å². The number of carbonyl (C=O) groups is 5. The number of nitrogens with zero attached hydrogens (tertiary/aromatic N) is 8. The number of nitrogens with one attached hydrogen (secondary N) is 3. The first-order valence-electron chi connectivity index (χ1n) is 31.5. The number of benzene rings is 2. The van der Waals surface area contributed by atoms with Crippen molar-refractivity contribution in [3.05, 3.63) is 78.5 Å². The van der Waals surface area contributed by atoms with Crippen LogP contribution in [-0.4, -0.2) is 174 Å². The van der Waals surface area contributed by atoms with Crippen LogP contribution < -0.4 is 35.0 Å². The maximum absolute atomic E-state index is 14.5. The van der Waals surface area contributed by atoms with Gasteiger partial charge in [-0.3, -0.25) is 33.6 Å².